The highest BCUT2D eigenvalue weighted by Gasteiger charge is 2.17. The number of imidazole rings is 1. The van der Waals surface area contributed by atoms with Crippen molar-refractivity contribution in [2.75, 3.05) is 18.0 Å². The van der Waals surface area contributed by atoms with Crippen molar-refractivity contribution in [1.29, 1.82) is 0 Å². The Hall–Kier alpha value is -2.82. The number of anilines is 1. The Balaban J connectivity index is 1.66. The van der Waals surface area contributed by atoms with Gasteiger partial charge in [0.2, 0.25) is 5.95 Å². The lowest BCUT2D eigenvalue weighted by Crippen LogP contribution is -2.29. The Morgan fingerprint density at radius 2 is 1.79 bits per heavy atom. The molecule has 0 radical (unpaired) electrons. The summed E-state index contributed by atoms with van der Waals surface area (Å²) in [4.78, 5) is 10.8. The van der Waals surface area contributed by atoms with Gasteiger partial charge >= 0.3 is 0 Å². The molecule has 0 spiro atoms. The van der Waals surface area contributed by atoms with E-state index >= 15 is 0 Å². The average Bonchev–Trinajstić information content (AvgIpc) is 3.25. The molecule has 120 valence electrons. The van der Waals surface area contributed by atoms with Crippen LogP contribution < -0.4 is 4.90 Å². The first-order valence-electron chi connectivity index (χ1n) is 8.57. The molecule has 0 atom stereocenters. The molecule has 2 aromatic carbocycles. The molecule has 3 heterocycles. The van der Waals surface area contributed by atoms with E-state index in [-0.39, 0.29) is 0 Å². The van der Waals surface area contributed by atoms with Crippen molar-refractivity contribution in [3.05, 3.63) is 48.7 Å². The van der Waals surface area contributed by atoms with Crippen molar-refractivity contribution < 1.29 is 0 Å². The summed E-state index contributed by atoms with van der Waals surface area (Å²) in [5.41, 5.74) is 4.39. The van der Waals surface area contributed by atoms with Crippen LogP contribution in [0.15, 0.2) is 48.7 Å². The van der Waals surface area contributed by atoms with Crippen LogP contribution in [-0.4, -0.2) is 32.8 Å². The molecule has 5 rings (SSSR count). The van der Waals surface area contributed by atoms with Gasteiger partial charge in [-0.15, -0.1) is 0 Å². The van der Waals surface area contributed by atoms with E-state index in [1.807, 2.05) is 23.0 Å². The van der Waals surface area contributed by atoms with E-state index in [9.17, 15) is 0 Å². The van der Waals surface area contributed by atoms with Crippen molar-refractivity contribution in [3.8, 4) is 5.95 Å². The number of H-pyrrole nitrogens is 1. The van der Waals surface area contributed by atoms with E-state index in [0.29, 0.717) is 0 Å². The number of aromatic nitrogens is 4. The van der Waals surface area contributed by atoms with E-state index in [2.05, 4.69) is 45.3 Å². The molecule has 5 heteroatoms. The molecule has 4 aromatic rings. The number of fused-ring (bicyclic) bond motifs is 2. The first-order chi connectivity index (χ1) is 11.9. The van der Waals surface area contributed by atoms with Crippen LogP contribution in [0.2, 0.25) is 0 Å². The van der Waals surface area contributed by atoms with Crippen LogP contribution in [-0.2, 0) is 0 Å². The molecule has 1 saturated heterocycles. The zero-order chi connectivity index (χ0) is 15.9. The first kappa shape index (κ1) is 13.6. The Bertz CT molecular complexity index is 1010. The van der Waals surface area contributed by atoms with Gasteiger partial charge < -0.3 is 9.88 Å². The topological polar surface area (TPSA) is 49.7 Å². The van der Waals surface area contributed by atoms with Crippen molar-refractivity contribution >= 4 is 27.6 Å². The van der Waals surface area contributed by atoms with Gasteiger partial charge in [-0.3, -0.25) is 0 Å². The third kappa shape index (κ3) is 2.08. The third-order valence-electron chi connectivity index (χ3n) is 4.85. The lowest BCUT2D eigenvalue weighted by Gasteiger charge is -2.28. The van der Waals surface area contributed by atoms with E-state index in [1.165, 1.54) is 24.9 Å². The minimum Gasteiger partial charge on any atom is -0.370 e. The molecular weight excluding hydrogens is 298 g/mol. The summed E-state index contributed by atoms with van der Waals surface area (Å²) in [7, 11) is 0. The van der Waals surface area contributed by atoms with Gasteiger partial charge in [0.1, 0.15) is 5.52 Å². The Labute approximate surface area is 139 Å². The summed E-state index contributed by atoms with van der Waals surface area (Å²) >= 11 is 0. The molecule has 24 heavy (non-hydrogen) atoms. The van der Waals surface area contributed by atoms with Crippen molar-refractivity contribution in [2.45, 2.75) is 19.3 Å². The normalized spacial score (nSPS) is 15.4. The van der Waals surface area contributed by atoms with E-state index in [4.69, 9.17) is 4.98 Å². The SMILES string of the molecule is c1ccc2c(c1)cnn2-c1nc2c(N3CCCCC3)cccc2[nH]1. The standard InChI is InChI=1S/C19H19N5/c1-4-11-23(12-5-1)17-10-6-8-15-18(17)22-19(21-15)24-16-9-3-2-7-14(16)13-20-24/h2-3,6-10,13H,1,4-5,11-12H2,(H,21,22). The molecule has 0 saturated carbocycles. The fourth-order valence-corrected chi connectivity index (χ4v) is 3.63. The molecule has 0 unspecified atom stereocenters. The Morgan fingerprint density at radius 1 is 0.917 bits per heavy atom. The number of benzene rings is 2. The van der Waals surface area contributed by atoms with Crippen LogP contribution in [0.1, 0.15) is 19.3 Å². The van der Waals surface area contributed by atoms with Gasteiger partial charge in [-0.1, -0.05) is 24.3 Å². The highest BCUT2D eigenvalue weighted by atomic mass is 15.4. The maximum Gasteiger partial charge on any atom is 0.229 e. The number of nitrogens with one attached hydrogen (secondary N) is 1. The predicted octanol–water partition coefficient (Wildman–Crippen LogP) is 3.89. The van der Waals surface area contributed by atoms with Gasteiger partial charge in [-0.25, -0.2) is 4.98 Å². The Morgan fingerprint density at radius 3 is 2.71 bits per heavy atom. The van der Waals surface area contributed by atoms with Gasteiger partial charge in [0.25, 0.3) is 0 Å². The molecule has 0 bridgehead atoms. The van der Waals surface area contributed by atoms with Crippen LogP contribution in [0.3, 0.4) is 0 Å². The highest BCUT2D eigenvalue weighted by Crippen LogP contribution is 2.29. The predicted molar refractivity (Wildman–Crippen MR) is 96.8 cm³/mol. The lowest BCUT2D eigenvalue weighted by molar-refractivity contribution is 0.579. The molecule has 1 fully saturated rings. The van der Waals surface area contributed by atoms with E-state index < -0.39 is 0 Å². The van der Waals surface area contributed by atoms with E-state index in [1.54, 1.807) is 0 Å². The van der Waals surface area contributed by atoms with Crippen LogP contribution in [0.25, 0.3) is 27.9 Å². The summed E-state index contributed by atoms with van der Waals surface area (Å²) in [5.74, 6) is 0.774. The van der Waals surface area contributed by atoms with Crippen LogP contribution in [0, 0.1) is 0 Å². The second-order valence-corrected chi connectivity index (χ2v) is 6.40. The largest absolute Gasteiger partial charge is 0.370 e. The summed E-state index contributed by atoms with van der Waals surface area (Å²) in [6.07, 6.45) is 5.74. The number of rotatable bonds is 2. The summed E-state index contributed by atoms with van der Waals surface area (Å²) < 4.78 is 1.88. The second kappa shape index (κ2) is 5.37. The third-order valence-corrected chi connectivity index (χ3v) is 4.85. The zero-order valence-electron chi connectivity index (χ0n) is 13.4. The van der Waals surface area contributed by atoms with Crippen LogP contribution in [0.5, 0.6) is 0 Å². The second-order valence-electron chi connectivity index (χ2n) is 6.40. The zero-order valence-corrected chi connectivity index (χ0v) is 13.4. The molecule has 1 aliphatic rings. The maximum absolute atomic E-state index is 4.88. The minimum atomic E-state index is 0.774. The molecule has 1 aliphatic heterocycles. The molecule has 2 aromatic heterocycles. The molecule has 0 amide bonds. The molecule has 1 N–H and O–H groups in total. The van der Waals surface area contributed by atoms with Crippen molar-refractivity contribution in [2.24, 2.45) is 0 Å². The van der Waals surface area contributed by atoms with Gasteiger partial charge in [-0.05, 0) is 37.5 Å². The fraction of sp³-hybridized carbons (Fsp3) is 0.263. The number of hydrogen-bond acceptors (Lipinski definition) is 3. The molecular formula is C19H19N5. The monoisotopic (exact) mass is 317 g/mol. The average molecular weight is 317 g/mol. The van der Waals surface area contributed by atoms with Gasteiger partial charge in [-0.2, -0.15) is 9.78 Å². The van der Waals surface area contributed by atoms with Crippen LogP contribution in [0.4, 0.5) is 5.69 Å². The maximum atomic E-state index is 4.88. The lowest BCUT2D eigenvalue weighted by atomic mass is 10.1. The quantitative estimate of drug-likeness (QED) is 0.610. The fourth-order valence-electron chi connectivity index (χ4n) is 3.63. The first-order valence-corrected chi connectivity index (χ1v) is 8.57. The molecule has 0 aliphatic carbocycles. The summed E-state index contributed by atoms with van der Waals surface area (Å²) in [5, 5.41) is 5.63. The summed E-state index contributed by atoms with van der Waals surface area (Å²) in [6, 6.07) is 14.6. The summed E-state index contributed by atoms with van der Waals surface area (Å²) in [6.45, 7) is 2.23. The highest BCUT2D eigenvalue weighted by molar-refractivity contribution is 5.90. The number of aromatic amines is 1. The van der Waals surface area contributed by atoms with Crippen LogP contribution >= 0.6 is 0 Å². The number of para-hydroxylation sites is 2. The smallest absolute Gasteiger partial charge is 0.229 e. The number of piperidine rings is 1. The van der Waals surface area contributed by atoms with Gasteiger partial charge in [0, 0.05) is 18.5 Å². The Kier molecular flexibility index (Phi) is 3.04. The minimum absolute atomic E-state index is 0.774. The van der Waals surface area contributed by atoms with Gasteiger partial charge in [0.15, 0.2) is 0 Å². The molecule has 5 nitrogen and oxygen atoms in total. The van der Waals surface area contributed by atoms with Gasteiger partial charge in [0.05, 0.1) is 22.9 Å². The van der Waals surface area contributed by atoms with Crippen molar-refractivity contribution in [3.63, 3.8) is 0 Å². The van der Waals surface area contributed by atoms with Crippen molar-refractivity contribution in [1.82, 2.24) is 19.7 Å². The van der Waals surface area contributed by atoms with E-state index in [0.717, 1.165) is 41.0 Å². The number of nitrogens with zero attached hydrogens (tertiary/aromatic N) is 4. The number of hydrogen-bond donors (Lipinski definition) is 1.